The maximum Gasteiger partial charge on any atom is 0.351 e. The molecule has 52 heavy (non-hydrogen) atoms. The Bertz CT molecular complexity index is 1610. The van der Waals surface area contributed by atoms with Gasteiger partial charge in [0, 0.05) is 19.6 Å². The van der Waals surface area contributed by atoms with Crippen LogP contribution in [0.3, 0.4) is 0 Å². The van der Waals surface area contributed by atoms with Crippen LogP contribution in [-0.4, -0.2) is 87.5 Å². The Kier molecular flexibility index (Phi) is 15.6. The summed E-state index contributed by atoms with van der Waals surface area (Å²) in [4.78, 5) is 49.4. The fourth-order valence-electron chi connectivity index (χ4n) is 4.87. The van der Waals surface area contributed by atoms with Crippen molar-refractivity contribution in [2.75, 3.05) is 51.1 Å². The van der Waals surface area contributed by atoms with E-state index in [1.165, 1.54) is 52.1 Å². The number of carbonyl (C=O) groups excluding carboxylic acids is 2. The molecule has 2 aliphatic heterocycles. The van der Waals surface area contributed by atoms with Crippen LogP contribution in [0.1, 0.15) is 13.8 Å². The number of benzene rings is 4. The van der Waals surface area contributed by atoms with Gasteiger partial charge >= 0.3 is 11.9 Å². The molecule has 0 aliphatic carbocycles. The van der Waals surface area contributed by atoms with Gasteiger partial charge in [-0.1, -0.05) is 72.1 Å². The standard InChI is InChI=1S/2C17H20N2S.2C2H2O4/c2*1-13(18(2)3)12-19-14-8-4-6-10-16(14)20-17-11-7-5-9-15(17)19;2*3-1(4)2(5)6/h2*4-11,13H,12H2,1-3H3;2*(H,3,4)(H,5,6)/t2*13-;;/m10../s1. The number of hydrogen-bond donors (Lipinski definition) is 4. The monoisotopic (exact) mass is 748 g/mol. The van der Waals surface area contributed by atoms with Gasteiger partial charge in [0.1, 0.15) is 12.1 Å². The van der Waals surface area contributed by atoms with Crippen LogP contribution in [0.4, 0.5) is 22.7 Å². The van der Waals surface area contributed by atoms with Crippen molar-refractivity contribution in [2.24, 2.45) is 0 Å². The molecule has 0 amide bonds. The smallest absolute Gasteiger partial charge is 0.351 e. The van der Waals surface area contributed by atoms with Crippen molar-refractivity contribution in [1.82, 2.24) is 0 Å². The number of nitrogens with one attached hydrogen (secondary N) is 2. The second kappa shape index (κ2) is 19.6. The van der Waals surface area contributed by atoms with E-state index in [-0.39, 0.29) is 0 Å². The number of carbonyl (C=O) groups is 4. The topological polar surface area (TPSA) is 170 Å². The van der Waals surface area contributed by atoms with Crippen molar-refractivity contribution in [3.05, 3.63) is 97.1 Å². The number of nitrogens with zero attached hydrogens (tertiary/aromatic N) is 2. The van der Waals surface area contributed by atoms with Gasteiger partial charge in [-0.15, -0.1) is 0 Å². The lowest BCUT2D eigenvalue weighted by atomic mass is 10.2. The zero-order chi connectivity index (χ0) is 38.5. The summed E-state index contributed by atoms with van der Waals surface area (Å²) in [6.07, 6.45) is 0. The molecule has 4 aromatic rings. The highest BCUT2D eigenvalue weighted by Gasteiger charge is 2.27. The Morgan fingerprint density at radius 3 is 0.942 bits per heavy atom. The van der Waals surface area contributed by atoms with E-state index in [0.717, 1.165) is 13.1 Å². The molecule has 4 N–H and O–H groups in total. The van der Waals surface area contributed by atoms with Crippen molar-refractivity contribution in [3.8, 4) is 0 Å². The molecule has 0 aromatic heterocycles. The second-order valence-corrected chi connectivity index (χ2v) is 14.6. The molecule has 276 valence electrons. The molecular weight excluding hydrogens is 705 g/mol. The highest BCUT2D eigenvalue weighted by atomic mass is 32.2. The number of anilines is 4. The number of hydrogen-bond acceptors (Lipinski definition) is 10. The third-order valence-corrected chi connectivity index (χ3v) is 10.6. The molecule has 0 radical (unpaired) electrons. The van der Waals surface area contributed by atoms with Gasteiger partial charge in [0.15, 0.2) is 11.9 Å². The lowest BCUT2D eigenvalue weighted by Crippen LogP contribution is -3.10. The maximum atomic E-state index is 9.04. The van der Waals surface area contributed by atoms with E-state index in [2.05, 4.69) is 149 Å². The highest BCUT2D eigenvalue weighted by molar-refractivity contribution is 8.00. The molecule has 0 bridgehead atoms. The minimum atomic E-state index is -2.07. The van der Waals surface area contributed by atoms with Gasteiger partial charge in [0.2, 0.25) is 0 Å². The Morgan fingerprint density at radius 1 is 0.538 bits per heavy atom. The molecule has 0 spiro atoms. The quantitative estimate of drug-likeness (QED) is 0.209. The van der Waals surface area contributed by atoms with Crippen LogP contribution < -0.4 is 29.8 Å². The summed E-state index contributed by atoms with van der Waals surface area (Å²) in [6, 6.07) is 36.0. The van der Waals surface area contributed by atoms with Crippen LogP contribution in [0.15, 0.2) is 117 Å². The molecule has 0 saturated carbocycles. The predicted molar refractivity (Wildman–Crippen MR) is 198 cm³/mol. The molecule has 2 aliphatic rings. The van der Waals surface area contributed by atoms with Crippen LogP contribution in [0, 0.1) is 0 Å². The van der Waals surface area contributed by atoms with Crippen LogP contribution >= 0.6 is 23.5 Å². The first-order valence-electron chi connectivity index (χ1n) is 16.4. The molecule has 0 saturated heterocycles. The Hall–Kier alpha value is -5.02. The van der Waals surface area contributed by atoms with Gasteiger partial charge < -0.3 is 49.6 Å². The Morgan fingerprint density at radius 2 is 0.750 bits per heavy atom. The first kappa shape index (κ1) is 41.4. The predicted octanol–water partition coefficient (Wildman–Crippen LogP) is 1.29. The highest BCUT2D eigenvalue weighted by Crippen LogP contribution is 2.48. The van der Waals surface area contributed by atoms with Crippen molar-refractivity contribution >= 4 is 70.2 Å². The van der Waals surface area contributed by atoms with Crippen LogP contribution in [0.5, 0.6) is 0 Å². The molecule has 14 heteroatoms. The van der Waals surface area contributed by atoms with Gasteiger partial charge in [-0.25, -0.2) is 9.59 Å². The minimum absolute atomic E-state index is 0.583. The molecule has 12 nitrogen and oxygen atoms in total. The summed E-state index contributed by atoms with van der Waals surface area (Å²) in [7, 11) is 8.89. The summed E-state index contributed by atoms with van der Waals surface area (Å²) in [5.41, 5.74) is 5.35. The number of rotatable bonds is 6. The van der Waals surface area contributed by atoms with E-state index in [0.29, 0.717) is 12.1 Å². The third-order valence-electron chi connectivity index (χ3n) is 8.30. The van der Waals surface area contributed by atoms with Crippen LogP contribution in [0.2, 0.25) is 0 Å². The molecule has 0 unspecified atom stereocenters. The lowest BCUT2D eigenvalue weighted by molar-refractivity contribution is -0.881. The number of para-hydroxylation sites is 4. The number of quaternary nitrogens is 2. The van der Waals surface area contributed by atoms with E-state index < -0.39 is 23.9 Å². The minimum Gasteiger partial charge on any atom is -0.539 e. The fourth-order valence-corrected chi connectivity index (χ4v) is 7.06. The number of likely N-dealkylation sites (N-methyl/N-ethyl adjacent to an activating group) is 2. The first-order valence-corrected chi connectivity index (χ1v) is 18.0. The normalized spacial score (nSPS) is 13.2. The molecule has 2 heterocycles. The van der Waals surface area contributed by atoms with Gasteiger partial charge in [0.05, 0.1) is 64.0 Å². The zero-order valence-electron chi connectivity index (χ0n) is 29.9. The van der Waals surface area contributed by atoms with Crippen LogP contribution in [0.25, 0.3) is 0 Å². The Balaban J connectivity index is 0.000000215. The molecular formula is C38H44N4O8S2. The summed E-state index contributed by atoms with van der Waals surface area (Å²) in [6.45, 7) is 6.69. The number of carboxylic acids is 4. The number of fused-ring (bicyclic) bond motifs is 4. The average Bonchev–Trinajstić information content (AvgIpc) is 3.12. The van der Waals surface area contributed by atoms with Gasteiger partial charge in [-0.3, -0.25) is 0 Å². The second-order valence-electron chi connectivity index (χ2n) is 12.4. The van der Waals surface area contributed by atoms with E-state index >= 15 is 0 Å². The summed E-state index contributed by atoms with van der Waals surface area (Å²) in [5, 5.41) is 32.6. The SMILES string of the molecule is C[C@@H](CN1c2ccccc2Sc2ccccc21)[NH+](C)C.C[C@H](CN1c2ccccc2Sc2ccccc21)[NH+](C)C.O=C([O-])C(=O)O.O=C([O-])C(=O)O. The number of carboxylic acid groups (broad SMARTS) is 4. The zero-order valence-corrected chi connectivity index (χ0v) is 31.5. The fraction of sp³-hybridized carbons (Fsp3) is 0.263. The largest absolute Gasteiger partial charge is 0.539 e. The van der Waals surface area contributed by atoms with Crippen molar-refractivity contribution in [3.63, 3.8) is 0 Å². The summed E-state index contributed by atoms with van der Waals surface area (Å²) >= 11 is 3.75. The molecule has 2 atom stereocenters. The lowest BCUT2D eigenvalue weighted by Gasteiger charge is -2.34. The van der Waals surface area contributed by atoms with Crippen molar-refractivity contribution in [1.29, 1.82) is 0 Å². The average molecular weight is 749 g/mol. The van der Waals surface area contributed by atoms with Gasteiger partial charge in [0.25, 0.3) is 0 Å². The summed E-state index contributed by atoms with van der Waals surface area (Å²) < 4.78 is 0. The Labute approximate surface area is 312 Å². The third kappa shape index (κ3) is 11.5. The number of aliphatic carboxylic acids is 4. The van der Waals surface area contributed by atoms with E-state index in [9.17, 15) is 0 Å². The van der Waals surface area contributed by atoms with E-state index in [4.69, 9.17) is 39.6 Å². The molecule has 4 aromatic carbocycles. The molecule has 0 fully saturated rings. The summed E-state index contributed by atoms with van der Waals surface area (Å²) in [5.74, 6) is -8.02. The van der Waals surface area contributed by atoms with Crippen molar-refractivity contribution in [2.45, 2.75) is 45.5 Å². The van der Waals surface area contributed by atoms with E-state index in [1.807, 2.05) is 23.5 Å². The van der Waals surface area contributed by atoms with Crippen molar-refractivity contribution < 1.29 is 49.4 Å². The first-order chi connectivity index (χ1) is 24.6. The van der Waals surface area contributed by atoms with Gasteiger partial charge in [-0.05, 0) is 62.4 Å². The maximum absolute atomic E-state index is 9.04. The van der Waals surface area contributed by atoms with Crippen LogP contribution in [-0.2, 0) is 19.2 Å². The van der Waals surface area contributed by atoms with E-state index in [1.54, 1.807) is 0 Å². The van der Waals surface area contributed by atoms with Gasteiger partial charge in [-0.2, -0.15) is 0 Å². The molecule has 6 rings (SSSR count).